The molecular weight excluding hydrogens is 630 g/mol. The van der Waals surface area contributed by atoms with Gasteiger partial charge in [-0.05, 0) is 29.8 Å². The number of fused-ring (bicyclic) bond motifs is 1. The van der Waals surface area contributed by atoms with Gasteiger partial charge in [-0.25, -0.2) is 23.4 Å². The molecule has 6 rings (SSSR count). The minimum atomic E-state index is -1.08. The molecule has 2 aromatic carbocycles. The van der Waals surface area contributed by atoms with Crippen LogP contribution >= 0.6 is 22.9 Å². The van der Waals surface area contributed by atoms with Crippen LogP contribution in [0, 0.1) is 11.6 Å². The summed E-state index contributed by atoms with van der Waals surface area (Å²) in [4.78, 5) is 51.8. The Morgan fingerprint density at radius 1 is 1.18 bits per heavy atom. The SMILES string of the molecule is COC(=O)C1=C(CN2CCN3C(=O)N(c4ccc(CC(=O)O)cc4F)C[C@@H]3C2)NC(c2nccs2)=N[C@H]1c1ccc(F)cc1Cl. The Morgan fingerprint density at radius 2 is 2.00 bits per heavy atom. The van der Waals surface area contributed by atoms with Crippen molar-refractivity contribution in [1.82, 2.24) is 20.1 Å². The average Bonchev–Trinajstić information content (AvgIpc) is 3.65. The van der Waals surface area contributed by atoms with Gasteiger partial charge in [0.25, 0.3) is 0 Å². The number of hydrogen-bond donors (Lipinski definition) is 2. The van der Waals surface area contributed by atoms with Gasteiger partial charge in [0.1, 0.15) is 17.7 Å². The van der Waals surface area contributed by atoms with E-state index in [1.807, 2.05) is 0 Å². The largest absolute Gasteiger partial charge is 0.481 e. The van der Waals surface area contributed by atoms with Crippen molar-refractivity contribution in [2.75, 3.05) is 44.7 Å². The number of amides is 2. The Labute approximate surface area is 265 Å². The Bertz CT molecular complexity index is 1740. The number of rotatable bonds is 8. The molecule has 0 saturated carbocycles. The molecule has 1 aromatic heterocycles. The third-order valence-electron chi connectivity index (χ3n) is 7.90. The molecule has 3 aliphatic heterocycles. The summed E-state index contributed by atoms with van der Waals surface area (Å²) in [7, 11) is 1.27. The van der Waals surface area contributed by atoms with Gasteiger partial charge < -0.3 is 20.1 Å². The number of thiazole rings is 1. The number of nitrogens with one attached hydrogen (secondary N) is 1. The fraction of sp³-hybridized carbons (Fsp3) is 0.300. The second kappa shape index (κ2) is 12.5. The third-order valence-corrected chi connectivity index (χ3v) is 9.01. The molecule has 2 N–H and O–H groups in total. The van der Waals surface area contributed by atoms with E-state index in [0.29, 0.717) is 47.3 Å². The van der Waals surface area contributed by atoms with Crippen LogP contribution < -0.4 is 10.2 Å². The van der Waals surface area contributed by atoms with Crippen molar-refractivity contribution in [3.63, 3.8) is 0 Å². The van der Waals surface area contributed by atoms with E-state index in [0.717, 1.165) is 12.1 Å². The molecule has 0 spiro atoms. The summed E-state index contributed by atoms with van der Waals surface area (Å²) < 4.78 is 34.1. The van der Waals surface area contributed by atoms with Gasteiger partial charge in [0.05, 0.1) is 30.8 Å². The molecule has 234 valence electrons. The van der Waals surface area contributed by atoms with Crippen molar-refractivity contribution in [1.29, 1.82) is 0 Å². The number of aromatic nitrogens is 1. The molecule has 0 unspecified atom stereocenters. The summed E-state index contributed by atoms with van der Waals surface area (Å²) in [5.74, 6) is -2.49. The molecule has 2 amide bonds. The monoisotopic (exact) mass is 656 g/mol. The first-order chi connectivity index (χ1) is 21.6. The van der Waals surface area contributed by atoms with Crippen LogP contribution in [0.5, 0.6) is 0 Å². The predicted octanol–water partition coefficient (Wildman–Crippen LogP) is 3.85. The van der Waals surface area contributed by atoms with Crippen LogP contribution in [0.3, 0.4) is 0 Å². The summed E-state index contributed by atoms with van der Waals surface area (Å²) >= 11 is 7.80. The van der Waals surface area contributed by atoms with E-state index >= 15 is 4.39 Å². The fourth-order valence-electron chi connectivity index (χ4n) is 5.86. The zero-order valence-electron chi connectivity index (χ0n) is 23.9. The summed E-state index contributed by atoms with van der Waals surface area (Å²) in [6.45, 7) is 1.72. The number of anilines is 1. The number of piperazine rings is 1. The lowest BCUT2D eigenvalue weighted by Gasteiger charge is -2.38. The maximum atomic E-state index is 15.0. The summed E-state index contributed by atoms with van der Waals surface area (Å²) in [5, 5.41) is 14.8. The maximum absolute atomic E-state index is 15.0. The lowest BCUT2D eigenvalue weighted by Crippen LogP contribution is -2.53. The van der Waals surface area contributed by atoms with Crippen LogP contribution in [-0.4, -0.2) is 89.6 Å². The molecule has 3 aromatic rings. The Balaban J connectivity index is 1.27. The second-order valence-corrected chi connectivity index (χ2v) is 12.0. The predicted molar refractivity (Wildman–Crippen MR) is 162 cm³/mol. The van der Waals surface area contributed by atoms with Crippen LogP contribution in [-0.2, 0) is 20.7 Å². The maximum Gasteiger partial charge on any atom is 0.338 e. The van der Waals surface area contributed by atoms with Crippen molar-refractivity contribution in [3.05, 3.63) is 92.0 Å². The molecule has 0 radical (unpaired) electrons. The number of methoxy groups -OCH3 is 1. The van der Waals surface area contributed by atoms with Crippen LogP contribution in [0.25, 0.3) is 0 Å². The summed E-state index contributed by atoms with van der Waals surface area (Å²) in [6.07, 6.45) is 1.31. The standard InChI is InChI=1S/C30H27ClF2N6O5S/c1-44-29(42)25-22(35-27(28-34-6-9-45-28)36-26(25)19-4-3-17(32)12-20(19)31)15-37-7-8-38-18(13-37)14-39(30(38)43)23-5-2-16(10-21(23)33)11-24(40)41/h2-6,9-10,12,18,26H,7-8,11,13-15H2,1H3,(H,35,36)(H,40,41)/t18-,26-/m0/s1. The molecule has 4 heterocycles. The normalized spacial score (nSPS) is 20.2. The number of carboxylic acid groups (broad SMARTS) is 1. The second-order valence-electron chi connectivity index (χ2n) is 10.7. The number of nitrogens with zero attached hydrogens (tertiary/aromatic N) is 5. The number of benzene rings is 2. The van der Waals surface area contributed by atoms with Crippen molar-refractivity contribution in [2.45, 2.75) is 18.5 Å². The number of aliphatic carboxylic acids is 1. The zero-order chi connectivity index (χ0) is 31.8. The molecule has 2 saturated heterocycles. The van der Waals surface area contributed by atoms with Crippen LogP contribution in [0.1, 0.15) is 22.2 Å². The van der Waals surface area contributed by atoms with Crippen molar-refractivity contribution < 1.29 is 33.0 Å². The van der Waals surface area contributed by atoms with Crippen molar-refractivity contribution >= 4 is 52.4 Å². The molecule has 2 fully saturated rings. The number of carbonyl (C=O) groups excluding carboxylic acids is 2. The quantitative estimate of drug-likeness (QED) is 0.350. The third kappa shape index (κ3) is 6.13. The van der Waals surface area contributed by atoms with E-state index in [-0.39, 0.29) is 47.9 Å². The molecule has 3 aliphatic rings. The number of hydrogen-bond acceptors (Lipinski definition) is 9. The smallest absolute Gasteiger partial charge is 0.338 e. The highest BCUT2D eigenvalue weighted by Crippen LogP contribution is 2.37. The van der Waals surface area contributed by atoms with Crippen LogP contribution in [0.2, 0.25) is 5.02 Å². The first kappa shape index (κ1) is 30.6. The molecular formula is C30H27ClF2N6O5S. The van der Waals surface area contributed by atoms with Crippen LogP contribution in [0.4, 0.5) is 19.3 Å². The van der Waals surface area contributed by atoms with Crippen molar-refractivity contribution in [2.24, 2.45) is 4.99 Å². The zero-order valence-corrected chi connectivity index (χ0v) is 25.4. The lowest BCUT2D eigenvalue weighted by molar-refractivity contribution is -0.137. The highest BCUT2D eigenvalue weighted by atomic mass is 35.5. The molecule has 0 bridgehead atoms. The number of amidine groups is 1. The summed E-state index contributed by atoms with van der Waals surface area (Å²) in [5.41, 5.74) is 1.52. The minimum absolute atomic E-state index is 0.0861. The van der Waals surface area contributed by atoms with Gasteiger partial charge in [0, 0.05) is 60.6 Å². The van der Waals surface area contributed by atoms with Crippen molar-refractivity contribution in [3.8, 4) is 0 Å². The van der Waals surface area contributed by atoms with E-state index in [4.69, 9.17) is 26.4 Å². The number of halogens is 3. The number of aliphatic imine (C=N–C) groups is 1. The van der Waals surface area contributed by atoms with Gasteiger partial charge in [-0.15, -0.1) is 11.3 Å². The van der Waals surface area contributed by atoms with Gasteiger partial charge in [0.15, 0.2) is 10.8 Å². The number of carbonyl (C=O) groups is 3. The van der Waals surface area contributed by atoms with Gasteiger partial charge in [-0.1, -0.05) is 23.7 Å². The first-order valence-corrected chi connectivity index (χ1v) is 15.2. The number of ether oxygens (including phenoxy) is 1. The van der Waals surface area contributed by atoms with Crippen LogP contribution in [0.15, 0.2) is 64.2 Å². The molecule has 11 nitrogen and oxygen atoms in total. The Morgan fingerprint density at radius 3 is 2.69 bits per heavy atom. The highest BCUT2D eigenvalue weighted by Gasteiger charge is 2.43. The molecule has 15 heteroatoms. The minimum Gasteiger partial charge on any atom is -0.481 e. The number of esters is 1. The van der Waals surface area contributed by atoms with E-state index < -0.39 is 29.6 Å². The average molecular weight is 657 g/mol. The van der Waals surface area contributed by atoms with E-state index in [9.17, 15) is 18.8 Å². The number of carboxylic acids is 1. The van der Waals surface area contributed by atoms with Gasteiger partial charge in [-0.2, -0.15) is 0 Å². The van der Waals surface area contributed by atoms with Gasteiger partial charge in [0.2, 0.25) is 0 Å². The first-order valence-electron chi connectivity index (χ1n) is 13.9. The highest BCUT2D eigenvalue weighted by molar-refractivity contribution is 7.11. The number of urea groups is 1. The van der Waals surface area contributed by atoms with Gasteiger partial charge >= 0.3 is 18.0 Å². The molecule has 2 atom stereocenters. The molecule has 0 aliphatic carbocycles. The van der Waals surface area contributed by atoms with E-state index in [1.165, 1.54) is 47.6 Å². The fourth-order valence-corrected chi connectivity index (χ4v) is 6.72. The Kier molecular flexibility index (Phi) is 8.53. The topological polar surface area (TPSA) is 128 Å². The Hall–Kier alpha value is -4.40. The van der Waals surface area contributed by atoms with E-state index in [1.54, 1.807) is 16.5 Å². The lowest BCUT2D eigenvalue weighted by atomic mass is 9.95. The molecule has 45 heavy (non-hydrogen) atoms. The van der Waals surface area contributed by atoms with Gasteiger partial charge in [-0.3, -0.25) is 19.6 Å². The van der Waals surface area contributed by atoms with E-state index in [2.05, 4.69) is 15.2 Å². The summed E-state index contributed by atoms with van der Waals surface area (Å²) in [6, 6.07) is 6.47.